The van der Waals surface area contributed by atoms with Gasteiger partial charge in [0.15, 0.2) is 0 Å². The number of benzene rings is 1. The van der Waals surface area contributed by atoms with Crippen LogP contribution in [-0.2, 0) is 6.54 Å². The summed E-state index contributed by atoms with van der Waals surface area (Å²) in [5.41, 5.74) is 1.13. The lowest BCUT2D eigenvalue weighted by atomic mass is 9.89. The van der Waals surface area contributed by atoms with Gasteiger partial charge in [0.1, 0.15) is 0 Å². The van der Waals surface area contributed by atoms with Crippen molar-refractivity contribution in [3.05, 3.63) is 33.8 Å². The predicted molar refractivity (Wildman–Crippen MR) is 74.7 cm³/mol. The summed E-state index contributed by atoms with van der Waals surface area (Å²) in [7, 11) is 0. The molecule has 94 valence electrons. The molecule has 0 amide bonds. The van der Waals surface area contributed by atoms with Crippen LogP contribution in [0.1, 0.15) is 37.7 Å². The normalized spacial score (nSPS) is 17.3. The zero-order valence-corrected chi connectivity index (χ0v) is 11.5. The van der Waals surface area contributed by atoms with Crippen molar-refractivity contribution in [2.45, 2.75) is 38.6 Å². The first-order valence-electron chi connectivity index (χ1n) is 6.40. The molecule has 0 spiro atoms. The molecule has 0 aliphatic heterocycles. The second kappa shape index (κ2) is 6.63. The van der Waals surface area contributed by atoms with Crippen molar-refractivity contribution in [1.29, 1.82) is 0 Å². The van der Waals surface area contributed by atoms with Crippen LogP contribution < -0.4 is 5.32 Å². The van der Waals surface area contributed by atoms with Crippen molar-refractivity contribution in [3.63, 3.8) is 0 Å². The molecule has 0 unspecified atom stereocenters. The SMILES string of the molecule is Clc1ccc(CNCC2CCCCC2)c(Cl)c1. The Morgan fingerprint density at radius 1 is 1.12 bits per heavy atom. The Balaban J connectivity index is 1.77. The van der Waals surface area contributed by atoms with Gasteiger partial charge in [-0.2, -0.15) is 0 Å². The van der Waals surface area contributed by atoms with E-state index in [1.54, 1.807) is 6.07 Å². The Labute approximate surface area is 114 Å². The van der Waals surface area contributed by atoms with E-state index in [4.69, 9.17) is 23.2 Å². The molecule has 1 fully saturated rings. The van der Waals surface area contributed by atoms with E-state index in [-0.39, 0.29) is 0 Å². The fourth-order valence-electron chi connectivity index (χ4n) is 2.47. The van der Waals surface area contributed by atoms with Crippen LogP contribution >= 0.6 is 23.2 Å². The fraction of sp³-hybridized carbons (Fsp3) is 0.571. The van der Waals surface area contributed by atoms with Crippen LogP contribution in [0.25, 0.3) is 0 Å². The first-order chi connectivity index (χ1) is 8.25. The summed E-state index contributed by atoms with van der Waals surface area (Å²) in [4.78, 5) is 0. The van der Waals surface area contributed by atoms with Gasteiger partial charge in [-0.25, -0.2) is 0 Å². The predicted octanol–water partition coefficient (Wildman–Crippen LogP) is 4.66. The third kappa shape index (κ3) is 4.17. The van der Waals surface area contributed by atoms with Gasteiger partial charge in [0, 0.05) is 16.6 Å². The lowest BCUT2D eigenvalue weighted by molar-refractivity contribution is 0.342. The van der Waals surface area contributed by atoms with Crippen LogP contribution in [0.4, 0.5) is 0 Å². The molecule has 3 heteroatoms. The van der Waals surface area contributed by atoms with E-state index in [2.05, 4.69) is 5.32 Å². The van der Waals surface area contributed by atoms with Crippen molar-refractivity contribution in [3.8, 4) is 0 Å². The first-order valence-corrected chi connectivity index (χ1v) is 7.16. The highest BCUT2D eigenvalue weighted by atomic mass is 35.5. The standard InChI is InChI=1S/C14H19Cl2N/c15-13-7-6-12(14(16)8-13)10-17-9-11-4-2-1-3-5-11/h6-8,11,17H,1-5,9-10H2. The second-order valence-corrected chi connectivity index (χ2v) is 5.71. The van der Waals surface area contributed by atoms with Gasteiger partial charge >= 0.3 is 0 Å². The zero-order valence-electron chi connectivity index (χ0n) is 10.0. The highest BCUT2D eigenvalue weighted by molar-refractivity contribution is 6.35. The molecule has 0 heterocycles. The van der Waals surface area contributed by atoms with E-state index in [1.807, 2.05) is 12.1 Å². The molecule has 1 aliphatic carbocycles. The van der Waals surface area contributed by atoms with Gasteiger partial charge in [0.2, 0.25) is 0 Å². The van der Waals surface area contributed by atoms with Gasteiger partial charge < -0.3 is 5.32 Å². The Hall–Kier alpha value is -0.240. The average Bonchev–Trinajstić information content (AvgIpc) is 2.33. The molecule has 1 N–H and O–H groups in total. The quantitative estimate of drug-likeness (QED) is 0.840. The maximum absolute atomic E-state index is 6.13. The van der Waals surface area contributed by atoms with Gasteiger partial charge in [-0.05, 0) is 43.0 Å². The number of hydrogen-bond donors (Lipinski definition) is 1. The monoisotopic (exact) mass is 271 g/mol. The zero-order chi connectivity index (χ0) is 12.1. The van der Waals surface area contributed by atoms with Gasteiger partial charge in [0.05, 0.1) is 0 Å². The largest absolute Gasteiger partial charge is 0.312 e. The first kappa shape index (κ1) is 13.2. The Bertz CT molecular complexity index is 359. The molecule has 1 nitrogen and oxygen atoms in total. The number of rotatable bonds is 4. The third-order valence-electron chi connectivity index (χ3n) is 3.49. The molecule has 1 aromatic rings. The molecule has 17 heavy (non-hydrogen) atoms. The smallest absolute Gasteiger partial charge is 0.0465 e. The second-order valence-electron chi connectivity index (χ2n) is 4.87. The van der Waals surface area contributed by atoms with Crippen molar-refractivity contribution in [2.24, 2.45) is 5.92 Å². The van der Waals surface area contributed by atoms with Crippen LogP contribution in [0.5, 0.6) is 0 Å². The fourth-order valence-corrected chi connectivity index (χ4v) is 2.94. The minimum absolute atomic E-state index is 0.700. The summed E-state index contributed by atoms with van der Waals surface area (Å²) in [6.07, 6.45) is 6.96. The highest BCUT2D eigenvalue weighted by Gasteiger charge is 2.12. The van der Waals surface area contributed by atoms with E-state index < -0.39 is 0 Å². The summed E-state index contributed by atoms with van der Waals surface area (Å²) in [5, 5.41) is 4.96. The highest BCUT2D eigenvalue weighted by Crippen LogP contribution is 2.24. The van der Waals surface area contributed by atoms with Crippen LogP contribution in [0, 0.1) is 5.92 Å². The van der Waals surface area contributed by atoms with Crippen LogP contribution in [0.3, 0.4) is 0 Å². The van der Waals surface area contributed by atoms with Crippen molar-refractivity contribution >= 4 is 23.2 Å². The lowest BCUT2D eigenvalue weighted by Crippen LogP contribution is -2.24. The molecule has 0 bridgehead atoms. The molecule has 2 rings (SSSR count). The average molecular weight is 272 g/mol. The summed E-state index contributed by atoms with van der Waals surface area (Å²) < 4.78 is 0. The molecule has 0 aromatic heterocycles. The molecule has 1 aliphatic rings. The number of hydrogen-bond acceptors (Lipinski definition) is 1. The number of halogens is 2. The molecular weight excluding hydrogens is 253 g/mol. The van der Waals surface area contributed by atoms with Gasteiger partial charge in [-0.15, -0.1) is 0 Å². The maximum atomic E-state index is 6.13. The maximum Gasteiger partial charge on any atom is 0.0465 e. The summed E-state index contributed by atoms with van der Waals surface area (Å²) >= 11 is 12.0. The molecular formula is C14H19Cl2N. The van der Waals surface area contributed by atoms with E-state index >= 15 is 0 Å². The Morgan fingerprint density at radius 2 is 1.88 bits per heavy atom. The van der Waals surface area contributed by atoms with Crippen molar-refractivity contribution in [1.82, 2.24) is 5.32 Å². The molecule has 0 atom stereocenters. The van der Waals surface area contributed by atoms with Crippen molar-refractivity contribution < 1.29 is 0 Å². The van der Waals surface area contributed by atoms with Crippen LogP contribution in [0.15, 0.2) is 18.2 Å². The topological polar surface area (TPSA) is 12.0 Å². The lowest BCUT2D eigenvalue weighted by Gasteiger charge is -2.21. The molecule has 0 saturated heterocycles. The minimum atomic E-state index is 0.700. The summed E-state index contributed by atoms with van der Waals surface area (Å²) in [5.74, 6) is 0.856. The summed E-state index contributed by atoms with van der Waals surface area (Å²) in [6.45, 7) is 1.95. The van der Waals surface area contributed by atoms with E-state index in [0.29, 0.717) is 5.02 Å². The third-order valence-corrected chi connectivity index (χ3v) is 4.08. The van der Waals surface area contributed by atoms with Crippen LogP contribution in [-0.4, -0.2) is 6.54 Å². The van der Waals surface area contributed by atoms with Crippen molar-refractivity contribution in [2.75, 3.05) is 6.54 Å². The number of nitrogens with one attached hydrogen (secondary N) is 1. The van der Waals surface area contributed by atoms with E-state index in [9.17, 15) is 0 Å². The Morgan fingerprint density at radius 3 is 2.59 bits per heavy atom. The van der Waals surface area contributed by atoms with E-state index in [1.165, 1.54) is 32.1 Å². The Kier molecular flexibility index (Phi) is 5.15. The van der Waals surface area contributed by atoms with Crippen LogP contribution in [0.2, 0.25) is 10.0 Å². The molecule has 1 saturated carbocycles. The molecule has 0 radical (unpaired) electrons. The minimum Gasteiger partial charge on any atom is -0.312 e. The van der Waals surface area contributed by atoms with E-state index in [0.717, 1.165) is 29.6 Å². The molecule has 1 aromatic carbocycles. The van der Waals surface area contributed by atoms with Gasteiger partial charge in [-0.1, -0.05) is 48.5 Å². The van der Waals surface area contributed by atoms with Gasteiger partial charge in [-0.3, -0.25) is 0 Å². The van der Waals surface area contributed by atoms with Gasteiger partial charge in [0.25, 0.3) is 0 Å². The summed E-state index contributed by atoms with van der Waals surface area (Å²) in [6, 6.07) is 5.70.